The minimum atomic E-state index is -1.14. The molecular formula is C22H35FN4O4. The highest BCUT2D eigenvalue weighted by Crippen LogP contribution is 2.26. The van der Waals surface area contributed by atoms with Crippen molar-refractivity contribution in [3.63, 3.8) is 0 Å². The normalized spacial score (nSPS) is 16.9. The summed E-state index contributed by atoms with van der Waals surface area (Å²) in [4.78, 5) is 42.7. The molecule has 0 aromatic carbocycles. The summed E-state index contributed by atoms with van der Waals surface area (Å²) in [5, 5.41) is 11.4. The molecule has 174 valence electrons. The van der Waals surface area contributed by atoms with Crippen LogP contribution in [0, 0.1) is 5.92 Å². The summed E-state index contributed by atoms with van der Waals surface area (Å²) in [7, 11) is 0. The second kappa shape index (κ2) is 10.3. The average molecular weight is 439 g/mol. The number of hydrogen-bond donors (Lipinski definition) is 2. The first-order valence-corrected chi connectivity index (χ1v) is 10.9. The van der Waals surface area contributed by atoms with Gasteiger partial charge in [0.2, 0.25) is 5.91 Å². The van der Waals surface area contributed by atoms with Crippen LogP contribution in [0.25, 0.3) is 0 Å². The fourth-order valence-corrected chi connectivity index (χ4v) is 3.96. The Morgan fingerprint density at radius 1 is 1.29 bits per heavy atom. The number of nitrogens with one attached hydrogen (secondary N) is 1. The van der Waals surface area contributed by atoms with Gasteiger partial charge >= 0.3 is 11.7 Å². The zero-order valence-electron chi connectivity index (χ0n) is 19.2. The molecule has 1 aromatic heterocycles. The minimum absolute atomic E-state index is 0.00116. The Bertz CT molecular complexity index is 842. The first kappa shape index (κ1) is 25.0. The van der Waals surface area contributed by atoms with Crippen LogP contribution in [0.15, 0.2) is 11.0 Å². The van der Waals surface area contributed by atoms with Crippen molar-refractivity contribution in [1.29, 1.82) is 0 Å². The van der Waals surface area contributed by atoms with Gasteiger partial charge in [0, 0.05) is 32.4 Å². The second-order valence-electron chi connectivity index (χ2n) is 9.45. The molecule has 0 saturated carbocycles. The van der Waals surface area contributed by atoms with Gasteiger partial charge in [0.25, 0.3) is 0 Å². The summed E-state index contributed by atoms with van der Waals surface area (Å²) in [6.07, 6.45) is 2.55. The van der Waals surface area contributed by atoms with Crippen LogP contribution in [0.4, 0.5) is 4.39 Å². The molecule has 1 saturated heterocycles. The number of amides is 1. The lowest BCUT2D eigenvalue weighted by molar-refractivity contribution is -0.137. The van der Waals surface area contributed by atoms with Crippen LogP contribution in [0.2, 0.25) is 0 Å². The molecule has 1 aliphatic rings. The number of likely N-dealkylation sites (tertiary alicyclic amines) is 1. The predicted molar refractivity (Wildman–Crippen MR) is 116 cm³/mol. The Morgan fingerprint density at radius 2 is 1.94 bits per heavy atom. The Morgan fingerprint density at radius 3 is 2.45 bits per heavy atom. The van der Waals surface area contributed by atoms with E-state index in [1.807, 2.05) is 32.6 Å². The maximum atomic E-state index is 13.8. The van der Waals surface area contributed by atoms with E-state index in [2.05, 4.69) is 10.3 Å². The second-order valence-corrected chi connectivity index (χ2v) is 9.45. The van der Waals surface area contributed by atoms with Crippen LogP contribution >= 0.6 is 0 Å². The number of nitrogens with zero attached hydrogens (tertiary/aromatic N) is 3. The van der Waals surface area contributed by atoms with Gasteiger partial charge in [0.05, 0.1) is 12.1 Å². The monoisotopic (exact) mass is 438 g/mol. The van der Waals surface area contributed by atoms with E-state index >= 15 is 0 Å². The molecule has 0 bridgehead atoms. The third-order valence-corrected chi connectivity index (χ3v) is 5.38. The zero-order valence-corrected chi connectivity index (χ0v) is 19.2. The van der Waals surface area contributed by atoms with Gasteiger partial charge in [-0.15, -0.1) is 0 Å². The molecule has 2 heterocycles. The van der Waals surface area contributed by atoms with E-state index < -0.39 is 29.3 Å². The highest BCUT2D eigenvalue weighted by atomic mass is 19.1. The summed E-state index contributed by atoms with van der Waals surface area (Å²) in [5.41, 5.74) is -0.0748. The quantitative estimate of drug-likeness (QED) is 0.548. The van der Waals surface area contributed by atoms with E-state index in [0.717, 1.165) is 5.56 Å². The van der Waals surface area contributed by atoms with Gasteiger partial charge in [-0.3, -0.25) is 19.1 Å². The molecule has 9 heteroatoms. The maximum absolute atomic E-state index is 13.8. The van der Waals surface area contributed by atoms with E-state index in [0.29, 0.717) is 38.2 Å². The highest BCUT2D eigenvalue weighted by Gasteiger charge is 2.38. The summed E-state index contributed by atoms with van der Waals surface area (Å²) >= 11 is 0. The van der Waals surface area contributed by atoms with Crippen molar-refractivity contribution in [2.45, 2.75) is 71.5 Å². The average Bonchev–Trinajstić information content (AvgIpc) is 2.62. The minimum Gasteiger partial charge on any atom is -0.481 e. The third-order valence-electron chi connectivity index (χ3n) is 5.38. The van der Waals surface area contributed by atoms with Gasteiger partial charge in [-0.1, -0.05) is 27.7 Å². The Kier molecular flexibility index (Phi) is 8.34. The Balaban J connectivity index is 2.28. The number of aromatic nitrogens is 2. The summed E-state index contributed by atoms with van der Waals surface area (Å²) in [6, 6.07) is -0.771. The number of carbonyl (C=O) groups is 2. The fraction of sp³-hybridized carbons (Fsp3) is 0.727. The molecule has 2 rings (SSSR count). The van der Waals surface area contributed by atoms with Gasteiger partial charge in [0.15, 0.2) is 0 Å². The molecule has 0 unspecified atom stereocenters. The molecular weight excluding hydrogens is 403 g/mol. The Hall–Kier alpha value is -2.29. The lowest BCUT2D eigenvalue weighted by Gasteiger charge is -2.42. The van der Waals surface area contributed by atoms with Crippen molar-refractivity contribution in [3.8, 4) is 0 Å². The van der Waals surface area contributed by atoms with Crippen molar-refractivity contribution in [1.82, 2.24) is 19.8 Å². The van der Waals surface area contributed by atoms with E-state index in [-0.39, 0.29) is 24.8 Å². The number of rotatable bonds is 11. The SMILES string of the molecule is CC(C)C[C@@H](C(=O)NCCC(=O)O)n1cc(CCN2CC(C)(F)C2)c(C(C)C)nc1=O. The van der Waals surface area contributed by atoms with E-state index in [1.54, 1.807) is 13.1 Å². The number of hydrogen-bond acceptors (Lipinski definition) is 5. The largest absolute Gasteiger partial charge is 0.481 e. The van der Waals surface area contributed by atoms with Crippen molar-refractivity contribution in [2.75, 3.05) is 26.2 Å². The number of carboxylic acid groups (broad SMARTS) is 1. The lowest BCUT2D eigenvalue weighted by Crippen LogP contribution is -2.57. The Labute approximate surface area is 182 Å². The molecule has 0 radical (unpaired) electrons. The van der Waals surface area contributed by atoms with Gasteiger partial charge in [-0.2, -0.15) is 4.98 Å². The van der Waals surface area contributed by atoms with Crippen LogP contribution in [-0.4, -0.2) is 63.3 Å². The highest BCUT2D eigenvalue weighted by molar-refractivity contribution is 5.80. The van der Waals surface area contributed by atoms with Crippen molar-refractivity contribution in [3.05, 3.63) is 27.9 Å². The topological polar surface area (TPSA) is 105 Å². The number of carbonyl (C=O) groups excluding carboxylic acids is 1. The van der Waals surface area contributed by atoms with Gasteiger partial charge < -0.3 is 10.4 Å². The fourth-order valence-electron chi connectivity index (χ4n) is 3.96. The summed E-state index contributed by atoms with van der Waals surface area (Å²) in [6.45, 7) is 10.8. The number of carboxylic acids is 1. The maximum Gasteiger partial charge on any atom is 0.348 e. The summed E-state index contributed by atoms with van der Waals surface area (Å²) < 4.78 is 15.2. The summed E-state index contributed by atoms with van der Waals surface area (Å²) in [5.74, 6) is -1.22. The van der Waals surface area contributed by atoms with Crippen molar-refractivity contribution < 1.29 is 19.1 Å². The van der Waals surface area contributed by atoms with Crippen molar-refractivity contribution in [2.24, 2.45) is 5.92 Å². The third kappa shape index (κ3) is 7.12. The first-order valence-electron chi connectivity index (χ1n) is 10.9. The molecule has 1 atom stereocenters. The molecule has 1 fully saturated rings. The standard InChI is InChI=1S/C22H35FN4O4/c1-14(2)10-17(20(30)24-8-6-18(28)29)27-11-16(19(15(3)4)25-21(27)31)7-9-26-12-22(5,23)13-26/h11,14-15,17H,6-10,12-13H2,1-5H3,(H,24,30)(H,28,29)/t17-/m0/s1. The number of halogens is 1. The van der Waals surface area contributed by atoms with Crippen LogP contribution in [0.5, 0.6) is 0 Å². The molecule has 8 nitrogen and oxygen atoms in total. The molecule has 1 aliphatic heterocycles. The zero-order chi connectivity index (χ0) is 23.3. The number of aliphatic carboxylic acids is 1. The first-order chi connectivity index (χ1) is 14.4. The molecule has 31 heavy (non-hydrogen) atoms. The molecule has 0 spiro atoms. The lowest BCUT2D eigenvalue weighted by atomic mass is 9.97. The van der Waals surface area contributed by atoms with E-state index in [1.165, 1.54) is 4.57 Å². The molecule has 2 N–H and O–H groups in total. The van der Waals surface area contributed by atoms with E-state index in [4.69, 9.17) is 5.11 Å². The number of alkyl halides is 1. The van der Waals surface area contributed by atoms with Crippen LogP contribution in [0.3, 0.4) is 0 Å². The molecule has 0 aliphatic carbocycles. The van der Waals surface area contributed by atoms with Crippen LogP contribution < -0.4 is 11.0 Å². The predicted octanol–water partition coefficient (Wildman–Crippen LogP) is 2.13. The van der Waals surface area contributed by atoms with Gasteiger partial charge in [0.1, 0.15) is 11.7 Å². The van der Waals surface area contributed by atoms with Gasteiger partial charge in [-0.25, -0.2) is 9.18 Å². The molecule has 1 amide bonds. The van der Waals surface area contributed by atoms with Crippen LogP contribution in [0.1, 0.15) is 70.7 Å². The van der Waals surface area contributed by atoms with Crippen molar-refractivity contribution >= 4 is 11.9 Å². The van der Waals surface area contributed by atoms with E-state index in [9.17, 15) is 18.8 Å². The van der Waals surface area contributed by atoms with Gasteiger partial charge in [-0.05, 0) is 37.2 Å². The molecule has 1 aromatic rings. The van der Waals surface area contributed by atoms with Crippen LogP contribution in [-0.2, 0) is 16.0 Å². The smallest absolute Gasteiger partial charge is 0.348 e.